The Kier molecular flexibility index (Phi) is 3.11. The van der Waals surface area contributed by atoms with Crippen LogP contribution in [0.3, 0.4) is 0 Å². The maximum Gasteiger partial charge on any atom is 0.0935 e. The molecule has 2 aromatic rings. The highest BCUT2D eigenvalue weighted by atomic mass is 16.3. The largest absolute Gasteiger partial charge is 0.472 e. The van der Waals surface area contributed by atoms with Crippen molar-refractivity contribution in [2.75, 3.05) is 0 Å². The maximum absolute atomic E-state index is 6.20. The monoisotopic (exact) mass is 215 g/mol. The average Bonchev–Trinajstić information content (AvgIpc) is 2.70. The average molecular weight is 215 g/mol. The predicted octanol–water partition coefficient (Wildman–Crippen LogP) is 3.14. The van der Waals surface area contributed by atoms with Gasteiger partial charge in [0.1, 0.15) is 0 Å². The van der Waals surface area contributed by atoms with E-state index in [2.05, 4.69) is 32.0 Å². The molecular formula is C14H17NO. The molecule has 0 aliphatic rings. The predicted molar refractivity (Wildman–Crippen MR) is 65.3 cm³/mol. The molecule has 84 valence electrons. The Labute approximate surface area is 96.1 Å². The van der Waals surface area contributed by atoms with Crippen LogP contribution in [0.15, 0.2) is 41.2 Å². The zero-order valence-corrected chi connectivity index (χ0v) is 9.73. The molecule has 0 fully saturated rings. The Hall–Kier alpha value is -1.54. The van der Waals surface area contributed by atoms with Crippen molar-refractivity contribution < 1.29 is 4.42 Å². The van der Waals surface area contributed by atoms with Crippen LogP contribution in [0.5, 0.6) is 0 Å². The standard InChI is InChI=1S/C14H17NO/c1-10-3-4-13(11(2)7-10)14(15)8-12-5-6-16-9-12/h3-7,9,14H,8,15H2,1-2H3. The van der Waals surface area contributed by atoms with Gasteiger partial charge in [0.05, 0.1) is 12.5 Å². The van der Waals surface area contributed by atoms with Crippen LogP contribution in [0.4, 0.5) is 0 Å². The zero-order chi connectivity index (χ0) is 11.5. The number of aryl methyl sites for hydroxylation is 2. The minimum absolute atomic E-state index is 0.0400. The molecule has 2 heteroatoms. The molecule has 1 aromatic heterocycles. The third-order valence-corrected chi connectivity index (χ3v) is 2.86. The summed E-state index contributed by atoms with van der Waals surface area (Å²) in [6, 6.07) is 8.40. The molecule has 0 radical (unpaired) electrons. The van der Waals surface area contributed by atoms with Crippen molar-refractivity contribution in [3.8, 4) is 0 Å². The first kappa shape index (κ1) is 11.0. The Morgan fingerprint density at radius 1 is 1.25 bits per heavy atom. The molecule has 1 aromatic carbocycles. The first-order chi connectivity index (χ1) is 7.66. The molecule has 0 saturated heterocycles. The summed E-state index contributed by atoms with van der Waals surface area (Å²) in [7, 11) is 0. The minimum Gasteiger partial charge on any atom is -0.472 e. The van der Waals surface area contributed by atoms with Crippen molar-refractivity contribution in [2.45, 2.75) is 26.3 Å². The van der Waals surface area contributed by atoms with Gasteiger partial charge in [-0.15, -0.1) is 0 Å². The fraction of sp³-hybridized carbons (Fsp3) is 0.286. The highest BCUT2D eigenvalue weighted by Gasteiger charge is 2.10. The van der Waals surface area contributed by atoms with Gasteiger partial charge in [-0.1, -0.05) is 23.8 Å². The van der Waals surface area contributed by atoms with Gasteiger partial charge in [0, 0.05) is 6.04 Å². The van der Waals surface area contributed by atoms with Crippen LogP contribution in [0, 0.1) is 13.8 Å². The summed E-state index contributed by atoms with van der Waals surface area (Å²) < 4.78 is 5.05. The van der Waals surface area contributed by atoms with E-state index in [1.54, 1.807) is 12.5 Å². The number of hydrogen-bond acceptors (Lipinski definition) is 2. The number of furan rings is 1. The van der Waals surface area contributed by atoms with E-state index in [0.717, 1.165) is 12.0 Å². The molecule has 0 aliphatic heterocycles. The second kappa shape index (κ2) is 4.54. The topological polar surface area (TPSA) is 39.2 Å². The second-order valence-electron chi connectivity index (χ2n) is 4.30. The molecule has 1 heterocycles. The SMILES string of the molecule is Cc1ccc(C(N)Cc2ccoc2)c(C)c1. The summed E-state index contributed by atoms with van der Waals surface area (Å²) in [5, 5.41) is 0. The van der Waals surface area contributed by atoms with Gasteiger partial charge < -0.3 is 10.2 Å². The van der Waals surface area contributed by atoms with Gasteiger partial charge in [-0.05, 0) is 43.0 Å². The lowest BCUT2D eigenvalue weighted by molar-refractivity contribution is 0.561. The Balaban J connectivity index is 2.17. The molecule has 0 bridgehead atoms. The molecule has 1 unspecified atom stereocenters. The highest BCUT2D eigenvalue weighted by Crippen LogP contribution is 2.20. The number of rotatable bonds is 3. The van der Waals surface area contributed by atoms with Crippen LogP contribution in [0.2, 0.25) is 0 Å². The van der Waals surface area contributed by atoms with Crippen molar-refractivity contribution in [3.63, 3.8) is 0 Å². The van der Waals surface area contributed by atoms with Gasteiger partial charge >= 0.3 is 0 Å². The van der Waals surface area contributed by atoms with Crippen LogP contribution >= 0.6 is 0 Å². The van der Waals surface area contributed by atoms with Crippen molar-refractivity contribution in [1.82, 2.24) is 0 Å². The van der Waals surface area contributed by atoms with Gasteiger partial charge in [-0.25, -0.2) is 0 Å². The van der Waals surface area contributed by atoms with Gasteiger partial charge in [0.2, 0.25) is 0 Å². The Morgan fingerprint density at radius 2 is 2.06 bits per heavy atom. The first-order valence-corrected chi connectivity index (χ1v) is 5.50. The lowest BCUT2D eigenvalue weighted by Gasteiger charge is -2.14. The molecule has 2 nitrogen and oxygen atoms in total. The van der Waals surface area contributed by atoms with Crippen molar-refractivity contribution in [3.05, 3.63) is 59.0 Å². The zero-order valence-electron chi connectivity index (χ0n) is 9.73. The lowest BCUT2D eigenvalue weighted by Crippen LogP contribution is -2.14. The third-order valence-electron chi connectivity index (χ3n) is 2.86. The van der Waals surface area contributed by atoms with E-state index in [1.165, 1.54) is 16.7 Å². The molecule has 16 heavy (non-hydrogen) atoms. The fourth-order valence-corrected chi connectivity index (χ4v) is 2.01. The Morgan fingerprint density at radius 3 is 2.69 bits per heavy atom. The van der Waals surface area contributed by atoms with E-state index in [-0.39, 0.29) is 6.04 Å². The van der Waals surface area contributed by atoms with Crippen LogP contribution < -0.4 is 5.73 Å². The summed E-state index contributed by atoms with van der Waals surface area (Å²) in [4.78, 5) is 0. The molecule has 0 amide bonds. The molecule has 0 spiro atoms. The maximum atomic E-state index is 6.20. The van der Waals surface area contributed by atoms with Gasteiger partial charge in [0.25, 0.3) is 0 Å². The second-order valence-corrected chi connectivity index (χ2v) is 4.30. The van der Waals surface area contributed by atoms with Gasteiger partial charge in [-0.2, -0.15) is 0 Å². The summed E-state index contributed by atoms with van der Waals surface area (Å²) in [6.45, 7) is 4.20. The van der Waals surface area contributed by atoms with E-state index >= 15 is 0 Å². The normalized spacial score (nSPS) is 12.7. The fourth-order valence-electron chi connectivity index (χ4n) is 2.01. The van der Waals surface area contributed by atoms with Gasteiger partial charge in [0.15, 0.2) is 0 Å². The van der Waals surface area contributed by atoms with E-state index in [1.807, 2.05) is 6.07 Å². The van der Waals surface area contributed by atoms with Crippen LogP contribution in [-0.2, 0) is 6.42 Å². The molecular weight excluding hydrogens is 198 g/mol. The third kappa shape index (κ3) is 2.34. The van der Waals surface area contributed by atoms with Crippen LogP contribution in [0.1, 0.15) is 28.3 Å². The van der Waals surface area contributed by atoms with Crippen LogP contribution in [0.25, 0.3) is 0 Å². The Bertz CT molecular complexity index is 460. The summed E-state index contributed by atoms with van der Waals surface area (Å²) in [6.07, 6.45) is 4.26. The quantitative estimate of drug-likeness (QED) is 0.854. The van der Waals surface area contributed by atoms with Crippen molar-refractivity contribution in [2.24, 2.45) is 5.73 Å². The summed E-state index contributed by atoms with van der Waals surface area (Å²) in [5.41, 5.74) is 11.1. The van der Waals surface area contributed by atoms with E-state index in [0.29, 0.717) is 0 Å². The molecule has 2 N–H and O–H groups in total. The van der Waals surface area contributed by atoms with E-state index < -0.39 is 0 Å². The van der Waals surface area contributed by atoms with Crippen molar-refractivity contribution in [1.29, 1.82) is 0 Å². The summed E-state index contributed by atoms with van der Waals surface area (Å²) >= 11 is 0. The number of hydrogen-bond donors (Lipinski definition) is 1. The van der Waals surface area contributed by atoms with E-state index in [9.17, 15) is 0 Å². The van der Waals surface area contributed by atoms with Crippen LogP contribution in [-0.4, -0.2) is 0 Å². The molecule has 1 atom stereocenters. The molecule has 0 aliphatic carbocycles. The number of benzene rings is 1. The lowest BCUT2D eigenvalue weighted by atomic mass is 9.96. The number of nitrogens with two attached hydrogens (primary N) is 1. The molecule has 2 rings (SSSR count). The van der Waals surface area contributed by atoms with Crippen molar-refractivity contribution >= 4 is 0 Å². The smallest absolute Gasteiger partial charge is 0.0935 e. The molecule has 0 saturated carbocycles. The summed E-state index contributed by atoms with van der Waals surface area (Å²) in [5.74, 6) is 0. The minimum atomic E-state index is 0.0400. The van der Waals surface area contributed by atoms with Gasteiger partial charge in [-0.3, -0.25) is 0 Å². The first-order valence-electron chi connectivity index (χ1n) is 5.50. The highest BCUT2D eigenvalue weighted by molar-refractivity contribution is 5.33. The van der Waals surface area contributed by atoms with E-state index in [4.69, 9.17) is 10.2 Å².